The predicted molar refractivity (Wildman–Crippen MR) is 157 cm³/mol. The molecular formula is C29H40N10. The molecule has 2 aromatic heterocycles. The lowest BCUT2D eigenvalue weighted by Crippen LogP contribution is -2.48. The number of nitrogens with two attached hydrogens (primary N) is 1. The zero-order valence-electron chi connectivity index (χ0n) is 23.0. The molecule has 0 aliphatic carbocycles. The molecule has 3 aliphatic rings. The first kappa shape index (κ1) is 25.8. The van der Waals surface area contributed by atoms with Gasteiger partial charge in [-0.15, -0.1) is 0 Å². The maximum atomic E-state index is 6.04. The van der Waals surface area contributed by atoms with Crippen LogP contribution in [-0.4, -0.2) is 69.1 Å². The molecule has 0 radical (unpaired) electrons. The van der Waals surface area contributed by atoms with Crippen LogP contribution in [0.2, 0.25) is 0 Å². The van der Waals surface area contributed by atoms with E-state index in [4.69, 9.17) is 5.73 Å². The average molecular weight is 529 g/mol. The first-order valence-electron chi connectivity index (χ1n) is 14.3. The Morgan fingerprint density at radius 2 is 1.79 bits per heavy atom. The van der Waals surface area contributed by atoms with Crippen LogP contribution >= 0.6 is 0 Å². The molecule has 2 fully saturated rings. The van der Waals surface area contributed by atoms with E-state index >= 15 is 0 Å². The van der Waals surface area contributed by atoms with Crippen molar-refractivity contribution < 1.29 is 0 Å². The number of hydrogen-bond donors (Lipinski definition) is 4. The maximum absolute atomic E-state index is 6.04. The van der Waals surface area contributed by atoms with Gasteiger partial charge in [0, 0.05) is 37.1 Å². The second-order valence-corrected chi connectivity index (χ2v) is 11.8. The van der Waals surface area contributed by atoms with Gasteiger partial charge >= 0.3 is 0 Å². The second kappa shape index (κ2) is 10.9. The van der Waals surface area contributed by atoms with Crippen molar-refractivity contribution >= 4 is 34.3 Å². The number of rotatable bonds is 9. The number of benzene rings is 1. The van der Waals surface area contributed by atoms with Gasteiger partial charge in [0.25, 0.3) is 0 Å². The molecule has 3 aliphatic heterocycles. The van der Waals surface area contributed by atoms with Crippen molar-refractivity contribution in [3.05, 3.63) is 48.6 Å². The molecule has 0 spiro atoms. The van der Waals surface area contributed by atoms with Gasteiger partial charge in [-0.05, 0) is 95.3 Å². The summed E-state index contributed by atoms with van der Waals surface area (Å²) in [6, 6.07) is 8.94. The first-order chi connectivity index (χ1) is 18.9. The predicted octanol–water partition coefficient (Wildman–Crippen LogP) is 3.83. The van der Waals surface area contributed by atoms with Gasteiger partial charge < -0.3 is 31.5 Å². The van der Waals surface area contributed by atoms with E-state index in [1.807, 2.05) is 0 Å². The highest BCUT2D eigenvalue weighted by Crippen LogP contribution is 2.28. The number of anilines is 4. The molecule has 1 unspecified atom stereocenters. The number of likely N-dealkylation sites (tertiary alicyclic amines) is 1. The van der Waals surface area contributed by atoms with Crippen molar-refractivity contribution in [2.75, 3.05) is 48.3 Å². The molecule has 0 saturated carbocycles. The van der Waals surface area contributed by atoms with Gasteiger partial charge in [-0.2, -0.15) is 4.98 Å². The summed E-state index contributed by atoms with van der Waals surface area (Å²) in [5, 5.41) is 9.89. The van der Waals surface area contributed by atoms with Crippen LogP contribution in [-0.2, 0) is 0 Å². The average Bonchev–Trinajstić information content (AvgIpc) is 3.33. The minimum Gasteiger partial charge on any atom is -0.372 e. The van der Waals surface area contributed by atoms with Gasteiger partial charge in [0.05, 0.1) is 17.9 Å². The Hall–Kier alpha value is -3.50. The number of nitrogens with one attached hydrogen (secondary N) is 3. The molecule has 3 aromatic rings. The van der Waals surface area contributed by atoms with Gasteiger partial charge in [0.2, 0.25) is 5.95 Å². The lowest BCUT2D eigenvalue weighted by molar-refractivity contribution is 0.297. The minimum atomic E-state index is 0.000499. The van der Waals surface area contributed by atoms with Crippen molar-refractivity contribution in [1.82, 2.24) is 30.2 Å². The van der Waals surface area contributed by atoms with Gasteiger partial charge in [-0.25, -0.2) is 15.0 Å². The highest BCUT2D eigenvalue weighted by Gasteiger charge is 2.26. The summed E-state index contributed by atoms with van der Waals surface area (Å²) in [4.78, 5) is 23.1. The van der Waals surface area contributed by atoms with E-state index in [9.17, 15) is 0 Å². The zero-order valence-corrected chi connectivity index (χ0v) is 23.0. The SMILES string of the molecule is CC1(C)C=C(Nc2cnc3cnc(Nc4ccc(N5CCC(CCCN6CCC(N)C6)CC5)cc4)nc3n2)N1. The Morgan fingerprint density at radius 1 is 1.00 bits per heavy atom. The van der Waals surface area contributed by atoms with E-state index in [1.54, 1.807) is 12.4 Å². The van der Waals surface area contributed by atoms with E-state index in [0.29, 0.717) is 29.0 Å². The standard InChI is InChI=1S/C29H40N10/c1-29(2)16-25(37-29)34-26-18-31-24-17-32-28(36-27(24)35-26)33-22-5-7-23(8-6-22)39-14-9-20(10-15-39)4-3-12-38-13-11-21(30)19-38/h5-8,16-18,20-21,37H,3-4,9-15,19,30H2,1-2H3,(H2,32,33,34,35,36). The molecule has 1 atom stereocenters. The van der Waals surface area contributed by atoms with Crippen LogP contribution in [0.5, 0.6) is 0 Å². The van der Waals surface area contributed by atoms with Gasteiger partial charge in [0.1, 0.15) is 11.3 Å². The number of hydrogen-bond acceptors (Lipinski definition) is 10. The fraction of sp³-hybridized carbons (Fsp3) is 0.517. The van der Waals surface area contributed by atoms with E-state index in [-0.39, 0.29) is 5.54 Å². The summed E-state index contributed by atoms with van der Waals surface area (Å²) in [7, 11) is 0. The van der Waals surface area contributed by atoms with Gasteiger partial charge in [-0.3, -0.25) is 0 Å². The van der Waals surface area contributed by atoms with Crippen LogP contribution in [0.1, 0.15) is 46.0 Å². The molecule has 2 saturated heterocycles. The minimum absolute atomic E-state index is 0.000499. The zero-order chi connectivity index (χ0) is 26.8. The van der Waals surface area contributed by atoms with Crippen LogP contribution in [0.4, 0.5) is 23.1 Å². The maximum Gasteiger partial charge on any atom is 0.229 e. The van der Waals surface area contributed by atoms with Crippen molar-refractivity contribution in [3.63, 3.8) is 0 Å². The Balaban J connectivity index is 0.998. The van der Waals surface area contributed by atoms with Crippen molar-refractivity contribution in [2.45, 2.75) is 57.5 Å². The fourth-order valence-corrected chi connectivity index (χ4v) is 5.88. The van der Waals surface area contributed by atoms with Crippen LogP contribution in [0.25, 0.3) is 11.2 Å². The van der Waals surface area contributed by atoms with Crippen molar-refractivity contribution in [3.8, 4) is 0 Å². The summed E-state index contributed by atoms with van der Waals surface area (Å²) in [5.74, 6) is 2.91. The Bertz CT molecular complexity index is 1310. The summed E-state index contributed by atoms with van der Waals surface area (Å²) < 4.78 is 0. The third-order valence-electron chi connectivity index (χ3n) is 8.03. The lowest BCUT2D eigenvalue weighted by atomic mass is 9.92. The Labute approximate surface area is 230 Å². The molecule has 0 amide bonds. The molecule has 1 aromatic carbocycles. The number of nitrogens with zero attached hydrogens (tertiary/aromatic N) is 6. The van der Waals surface area contributed by atoms with Crippen LogP contribution in [0.3, 0.4) is 0 Å². The van der Waals surface area contributed by atoms with Crippen LogP contribution in [0, 0.1) is 5.92 Å². The topological polar surface area (TPSA) is 120 Å². The Kier molecular flexibility index (Phi) is 7.22. The number of piperidine rings is 1. The monoisotopic (exact) mass is 528 g/mol. The molecule has 5 N–H and O–H groups in total. The highest BCUT2D eigenvalue weighted by molar-refractivity contribution is 5.72. The Morgan fingerprint density at radius 3 is 2.51 bits per heavy atom. The molecular weight excluding hydrogens is 488 g/mol. The van der Waals surface area contributed by atoms with Crippen molar-refractivity contribution in [2.24, 2.45) is 11.7 Å². The van der Waals surface area contributed by atoms with Crippen molar-refractivity contribution in [1.29, 1.82) is 0 Å². The van der Waals surface area contributed by atoms with E-state index in [0.717, 1.165) is 43.5 Å². The van der Waals surface area contributed by atoms with Crippen LogP contribution < -0.4 is 26.6 Å². The quantitative estimate of drug-likeness (QED) is 0.326. The normalized spacial score (nSPS) is 21.4. The fourth-order valence-electron chi connectivity index (χ4n) is 5.88. The van der Waals surface area contributed by atoms with Crippen LogP contribution in [0.15, 0.2) is 48.6 Å². The lowest BCUT2D eigenvalue weighted by Gasteiger charge is -2.35. The first-order valence-corrected chi connectivity index (χ1v) is 14.3. The molecule has 206 valence electrons. The van der Waals surface area contributed by atoms with E-state index in [2.05, 4.69) is 89.9 Å². The molecule has 10 nitrogen and oxygen atoms in total. The molecule has 0 bridgehead atoms. The number of fused-ring (bicyclic) bond motifs is 1. The van der Waals surface area contributed by atoms with Gasteiger partial charge in [-0.1, -0.05) is 0 Å². The smallest absolute Gasteiger partial charge is 0.229 e. The largest absolute Gasteiger partial charge is 0.372 e. The summed E-state index contributed by atoms with van der Waals surface area (Å²) in [6.45, 7) is 9.94. The van der Waals surface area contributed by atoms with Gasteiger partial charge in [0.15, 0.2) is 11.5 Å². The highest BCUT2D eigenvalue weighted by atomic mass is 15.2. The molecule has 5 heterocycles. The van der Waals surface area contributed by atoms with E-state index < -0.39 is 0 Å². The summed E-state index contributed by atoms with van der Waals surface area (Å²) in [6.07, 6.45) is 11.8. The second-order valence-electron chi connectivity index (χ2n) is 11.8. The third-order valence-corrected chi connectivity index (χ3v) is 8.03. The molecule has 39 heavy (non-hydrogen) atoms. The third kappa shape index (κ3) is 6.39. The molecule has 6 rings (SSSR count). The molecule has 10 heteroatoms. The number of aromatic nitrogens is 4. The van der Waals surface area contributed by atoms with E-state index in [1.165, 1.54) is 44.5 Å². The summed E-state index contributed by atoms with van der Waals surface area (Å²) in [5.41, 5.74) is 9.46. The summed E-state index contributed by atoms with van der Waals surface area (Å²) >= 11 is 0.